The van der Waals surface area contributed by atoms with Crippen LogP contribution in [0.25, 0.3) is 0 Å². The Kier molecular flexibility index (Phi) is 14.4. The maximum absolute atomic E-state index is 14.0. The zero-order valence-electron chi connectivity index (χ0n) is 35.7. The summed E-state index contributed by atoms with van der Waals surface area (Å²) in [5.41, 5.74) is 4.75. The number of nitrogens with one attached hydrogen (secondary N) is 2. The first-order valence-electron chi connectivity index (χ1n) is 21.3. The summed E-state index contributed by atoms with van der Waals surface area (Å²) >= 11 is 0. The Balaban J connectivity index is 0.983. The van der Waals surface area contributed by atoms with E-state index >= 15 is 0 Å². The van der Waals surface area contributed by atoms with Gasteiger partial charge in [0.1, 0.15) is 17.9 Å². The minimum absolute atomic E-state index is 0.342. The second-order valence-electron chi connectivity index (χ2n) is 15.9. The Hall–Kier alpha value is -7.35. The molecule has 5 aromatic carbocycles. The monoisotopic (exact) mass is 867 g/mol. The fraction of sp³-hybridized carbons (Fsp3) is 0.280. The Morgan fingerprint density at radius 3 is 1.34 bits per heavy atom. The van der Waals surface area contributed by atoms with E-state index in [0.29, 0.717) is 74.4 Å². The highest BCUT2D eigenvalue weighted by Crippen LogP contribution is 2.30. The molecule has 0 bridgehead atoms. The fourth-order valence-electron chi connectivity index (χ4n) is 8.19. The van der Waals surface area contributed by atoms with E-state index in [0.717, 1.165) is 16.8 Å². The van der Waals surface area contributed by atoms with Crippen molar-refractivity contribution in [3.8, 4) is 0 Å². The normalized spacial score (nSPS) is 16.6. The van der Waals surface area contributed by atoms with Crippen molar-refractivity contribution in [1.82, 2.24) is 9.80 Å². The minimum Gasteiger partial charge on any atom is -0.447 e. The van der Waals surface area contributed by atoms with Gasteiger partial charge in [0.15, 0.2) is 0 Å². The molecule has 0 spiro atoms. The summed E-state index contributed by atoms with van der Waals surface area (Å²) in [6.07, 6.45) is -0.137. The van der Waals surface area contributed by atoms with Gasteiger partial charge in [-0.2, -0.15) is 0 Å². The number of benzene rings is 5. The Morgan fingerprint density at radius 2 is 0.969 bits per heavy atom. The fourth-order valence-corrected chi connectivity index (χ4v) is 8.19. The van der Waals surface area contributed by atoms with Gasteiger partial charge in [-0.15, -0.1) is 0 Å². The van der Waals surface area contributed by atoms with Gasteiger partial charge in [-0.05, 0) is 85.3 Å². The standard InChI is InChI=1S/C50H50FN5O8/c1-33(57)63-45(37-11-5-3-6-12-37)49(61)55-29-9-15-43(55)47(59)52-40-23-17-35(18-24-40)31-54(42-27-21-39(51)22-28-42)32-36-19-25-41(26-20-36)53-48(60)44-16-10-30-56(44)50(62)46(64-34(2)58)38-13-7-4-8-14-38/h3-8,11-14,17-28,43-46H,9-10,15-16,29-32H2,1-2H3,(H,52,59)(H,53,60)/t43-,44-,45-,46+/m0/s1. The maximum atomic E-state index is 14.0. The number of halogens is 1. The Labute approximate surface area is 371 Å². The lowest BCUT2D eigenvalue weighted by molar-refractivity contribution is -0.160. The van der Waals surface area contributed by atoms with Crippen LogP contribution < -0.4 is 15.5 Å². The molecule has 2 aliphatic heterocycles. The van der Waals surface area contributed by atoms with Crippen molar-refractivity contribution < 1.29 is 42.6 Å². The van der Waals surface area contributed by atoms with E-state index in [1.807, 2.05) is 24.3 Å². The molecule has 330 valence electrons. The molecule has 4 amide bonds. The zero-order chi connectivity index (χ0) is 45.2. The van der Waals surface area contributed by atoms with E-state index in [9.17, 15) is 33.2 Å². The highest BCUT2D eigenvalue weighted by Gasteiger charge is 2.40. The van der Waals surface area contributed by atoms with E-state index in [2.05, 4.69) is 15.5 Å². The minimum atomic E-state index is -1.16. The van der Waals surface area contributed by atoms with E-state index in [1.54, 1.807) is 97.1 Å². The Morgan fingerprint density at radius 1 is 0.578 bits per heavy atom. The topological polar surface area (TPSA) is 155 Å². The van der Waals surface area contributed by atoms with Crippen molar-refractivity contribution >= 4 is 52.6 Å². The highest BCUT2D eigenvalue weighted by atomic mass is 19.1. The van der Waals surface area contributed by atoms with Crippen molar-refractivity contribution in [2.75, 3.05) is 28.6 Å². The predicted octanol–water partition coefficient (Wildman–Crippen LogP) is 7.50. The molecule has 64 heavy (non-hydrogen) atoms. The summed E-state index contributed by atoms with van der Waals surface area (Å²) in [5, 5.41) is 5.89. The number of likely N-dealkylation sites (tertiary alicyclic amines) is 2. The molecule has 14 heteroatoms. The number of hydrogen-bond acceptors (Lipinski definition) is 9. The van der Waals surface area contributed by atoms with Crippen LogP contribution in [-0.2, 0) is 51.3 Å². The number of anilines is 3. The summed E-state index contributed by atoms with van der Waals surface area (Å²) < 4.78 is 24.9. The number of amides is 4. The molecule has 0 unspecified atom stereocenters. The molecule has 2 heterocycles. The lowest BCUT2D eigenvalue weighted by atomic mass is 10.1. The van der Waals surface area contributed by atoms with Crippen LogP contribution in [0, 0.1) is 5.82 Å². The van der Waals surface area contributed by atoms with Gasteiger partial charge in [0.2, 0.25) is 24.0 Å². The van der Waals surface area contributed by atoms with Crippen LogP contribution in [0.3, 0.4) is 0 Å². The molecule has 4 atom stereocenters. The number of hydrogen-bond donors (Lipinski definition) is 2. The van der Waals surface area contributed by atoms with Gasteiger partial charge in [-0.1, -0.05) is 84.9 Å². The molecule has 7 rings (SSSR count). The van der Waals surface area contributed by atoms with E-state index in [1.165, 1.54) is 35.8 Å². The zero-order valence-corrected chi connectivity index (χ0v) is 35.7. The van der Waals surface area contributed by atoms with Crippen LogP contribution in [0.15, 0.2) is 133 Å². The number of rotatable bonds is 15. The molecular formula is C50H50FN5O8. The van der Waals surface area contributed by atoms with E-state index < -0.39 is 48.0 Å². The smallest absolute Gasteiger partial charge is 0.303 e. The summed E-state index contributed by atoms with van der Waals surface area (Å²) in [7, 11) is 0. The van der Waals surface area contributed by atoms with Gasteiger partial charge >= 0.3 is 11.9 Å². The number of esters is 2. The van der Waals surface area contributed by atoms with Crippen LogP contribution in [0.1, 0.15) is 74.0 Å². The van der Waals surface area contributed by atoms with Crippen LogP contribution in [0.5, 0.6) is 0 Å². The molecule has 13 nitrogen and oxygen atoms in total. The van der Waals surface area contributed by atoms with Gasteiger partial charge < -0.3 is 34.8 Å². The van der Waals surface area contributed by atoms with Crippen molar-refractivity contribution in [3.63, 3.8) is 0 Å². The number of carbonyl (C=O) groups excluding carboxylic acids is 6. The first-order valence-corrected chi connectivity index (χ1v) is 21.3. The third-order valence-corrected chi connectivity index (χ3v) is 11.3. The largest absolute Gasteiger partial charge is 0.447 e. The second-order valence-corrected chi connectivity index (χ2v) is 15.9. The molecule has 0 aromatic heterocycles. The van der Waals surface area contributed by atoms with Gasteiger partial charge in [-0.3, -0.25) is 28.8 Å². The molecule has 5 aromatic rings. The van der Waals surface area contributed by atoms with E-state index in [-0.39, 0.29) is 17.6 Å². The first-order chi connectivity index (χ1) is 30.9. The van der Waals surface area contributed by atoms with Gasteiger partial charge in [0, 0.05) is 68.2 Å². The molecule has 2 saturated heterocycles. The van der Waals surface area contributed by atoms with Gasteiger partial charge in [0.25, 0.3) is 11.8 Å². The molecule has 0 radical (unpaired) electrons. The SMILES string of the molecule is CC(=O)O[C@H](C(=O)N1CCC[C@H]1C(=O)Nc1ccc(CN(Cc2ccc(NC(=O)[C@@H]3CCCN3C(=O)[C@H](OC(C)=O)c3ccccc3)cc2)c2ccc(F)cc2)cc1)c1ccccc1. The average molecular weight is 868 g/mol. The van der Waals surface area contributed by atoms with Crippen LogP contribution in [0.4, 0.5) is 21.5 Å². The number of ether oxygens (including phenoxy) is 2. The van der Waals surface area contributed by atoms with Crippen molar-refractivity contribution in [2.45, 2.75) is 76.9 Å². The van der Waals surface area contributed by atoms with Gasteiger partial charge in [-0.25, -0.2) is 4.39 Å². The van der Waals surface area contributed by atoms with Crippen LogP contribution in [0.2, 0.25) is 0 Å². The number of nitrogens with zero attached hydrogens (tertiary/aromatic N) is 3. The van der Waals surface area contributed by atoms with Crippen LogP contribution in [-0.4, -0.2) is 70.5 Å². The van der Waals surface area contributed by atoms with Crippen molar-refractivity contribution in [2.24, 2.45) is 0 Å². The molecular weight excluding hydrogens is 818 g/mol. The Bertz CT molecular complexity index is 2290. The second kappa shape index (κ2) is 20.7. The van der Waals surface area contributed by atoms with Crippen LogP contribution >= 0.6 is 0 Å². The first kappa shape index (κ1) is 44.7. The summed E-state index contributed by atoms with van der Waals surface area (Å²) in [4.78, 5) is 83.4. The van der Waals surface area contributed by atoms with Crippen molar-refractivity contribution in [3.05, 3.63) is 162 Å². The molecule has 0 saturated carbocycles. The molecule has 2 aliphatic rings. The summed E-state index contributed by atoms with van der Waals surface area (Å²) in [5.74, 6) is -3.14. The quantitative estimate of drug-likeness (QED) is 0.102. The average Bonchev–Trinajstić information content (AvgIpc) is 4.01. The maximum Gasteiger partial charge on any atom is 0.303 e. The summed E-state index contributed by atoms with van der Waals surface area (Å²) in [6, 6.07) is 36.9. The van der Waals surface area contributed by atoms with Gasteiger partial charge in [0.05, 0.1) is 0 Å². The molecule has 2 fully saturated rings. The van der Waals surface area contributed by atoms with Crippen molar-refractivity contribution in [1.29, 1.82) is 0 Å². The molecule has 0 aliphatic carbocycles. The lowest BCUT2D eigenvalue weighted by Gasteiger charge is -2.28. The molecule has 2 N–H and O–H groups in total. The lowest BCUT2D eigenvalue weighted by Crippen LogP contribution is -2.45. The third kappa shape index (κ3) is 11.2. The summed E-state index contributed by atoms with van der Waals surface area (Å²) in [6.45, 7) is 4.07. The van der Waals surface area contributed by atoms with E-state index in [4.69, 9.17) is 9.47 Å². The third-order valence-electron chi connectivity index (χ3n) is 11.3. The predicted molar refractivity (Wildman–Crippen MR) is 238 cm³/mol. The number of carbonyl (C=O) groups is 6. The highest BCUT2D eigenvalue weighted by molar-refractivity contribution is 5.99.